The van der Waals surface area contributed by atoms with Crippen LogP contribution in [0.3, 0.4) is 0 Å². The Morgan fingerprint density at radius 2 is 2.10 bits per heavy atom. The fourth-order valence-electron chi connectivity index (χ4n) is 1.95. The monoisotopic (exact) mass is 326 g/mol. The molecule has 0 saturated heterocycles. The number of hydrogen-bond acceptors (Lipinski definition) is 5. The number of sulfonamides is 1. The minimum atomic E-state index is -3.66. The molecule has 2 N–H and O–H groups in total. The molecule has 1 aromatic carbocycles. The van der Waals surface area contributed by atoms with Gasteiger partial charge in [-0.2, -0.15) is 0 Å². The van der Waals surface area contributed by atoms with Gasteiger partial charge in [0.1, 0.15) is 5.01 Å². The molecule has 0 fully saturated rings. The van der Waals surface area contributed by atoms with E-state index in [1.165, 1.54) is 17.4 Å². The smallest absolute Gasteiger partial charge is 0.241 e. The van der Waals surface area contributed by atoms with Crippen molar-refractivity contribution in [3.63, 3.8) is 0 Å². The zero-order valence-electron chi connectivity index (χ0n) is 12.1. The third-order valence-electron chi connectivity index (χ3n) is 3.06. The predicted molar refractivity (Wildman–Crippen MR) is 82.7 cm³/mol. The van der Waals surface area contributed by atoms with E-state index in [-0.39, 0.29) is 11.5 Å². The van der Waals surface area contributed by atoms with E-state index in [9.17, 15) is 8.42 Å². The van der Waals surface area contributed by atoms with Crippen LogP contribution in [0, 0.1) is 13.8 Å². The fourth-order valence-corrected chi connectivity index (χ4v) is 4.33. The van der Waals surface area contributed by atoms with E-state index in [2.05, 4.69) is 9.71 Å². The van der Waals surface area contributed by atoms with E-state index in [0.717, 1.165) is 10.7 Å². The van der Waals surface area contributed by atoms with Gasteiger partial charge in [0.15, 0.2) is 0 Å². The van der Waals surface area contributed by atoms with Crippen molar-refractivity contribution in [3.8, 4) is 0 Å². The molecular formula is C14H18N2O3S2. The third-order valence-corrected chi connectivity index (χ3v) is 5.89. The maximum absolute atomic E-state index is 12.5. The number of nitrogens with one attached hydrogen (secondary N) is 1. The van der Waals surface area contributed by atoms with Gasteiger partial charge in [0.25, 0.3) is 0 Å². The van der Waals surface area contributed by atoms with Gasteiger partial charge in [-0.05, 0) is 38.0 Å². The van der Waals surface area contributed by atoms with Crippen molar-refractivity contribution in [2.45, 2.75) is 38.3 Å². The first kappa shape index (κ1) is 16.1. The number of aliphatic hydroxyl groups excluding tert-OH is 1. The Morgan fingerprint density at radius 3 is 2.67 bits per heavy atom. The summed E-state index contributed by atoms with van der Waals surface area (Å²) < 4.78 is 27.6. The number of thiazole rings is 1. The number of rotatable bonds is 5. The second-order valence-corrected chi connectivity index (χ2v) is 7.50. The normalized spacial score (nSPS) is 13.3. The molecule has 5 nitrogen and oxygen atoms in total. The molecule has 0 saturated carbocycles. The average Bonchev–Trinajstić information content (AvgIpc) is 2.85. The van der Waals surface area contributed by atoms with Crippen LogP contribution in [0.1, 0.15) is 34.8 Å². The van der Waals surface area contributed by atoms with Crippen LogP contribution < -0.4 is 4.72 Å². The minimum Gasteiger partial charge on any atom is -0.392 e. The Labute approximate surface area is 128 Å². The van der Waals surface area contributed by atoms with Crippen LogP contribution in [0.25, 0.3) is 0 Å². The Hall–Kier alpha value is -1.28. The van der Waals surface area contributed by atoms with Gasteiger partial charge >= 0.3 is 0 Å². The lowest BCUT2D eigenvalue weighted by Crippen LogP contribution is -2.27. The Balaban J connectivity index is 2.30. The zero-order chi connectivity index (χ0) is 15.6. The maximum atomic E-state index is 12.5. The molecule has 0 amide bonds. The van der Waals surface area contributed by atoms with Crippen molar-refractivity contribution in [2.24, 2.45) is 0 Å². The molecule has 0 aliphatic carbocycles. The summed E-state index contributed by atoms with van der Waals surface area (Å²) in [6, 6.07) is 4.50. The Morgan fingerprint density at radius 1 is 1.38 bits per heavy atom. The summed E-state index contributed by atoms with van der Waals surface area (Å²) in [6.07, 6.45) is 0. The van der Waals surface area contributed by atoms with Crippen LogP contribution in [0.2, 0.25) is 0 Å². The summed E-state index contributed by atoms with van der Waals surface area (Å²) in [6.45, 7) is 5.18. The summed E-state index contributed by atoms with van der Waals surface area (Å²) >= 11 is 1.43. The molecule has 0 radical (unpaired) electrons. The third kappa shape index (κ3) is 3.68. The van der Waals surface area contributed by atoms with E-state index < -0.39 is 16.1 Å². The highest BCUT2D eigenvalue weighted by molar-refractivity contribution is 7.89. The van der Waals surface area contributed by atoms with Gasteiger partial charge in [0.05, 0.1) is 17.5 Å². The van der Waals surface area contributed by atoms with E-state index in [0.29, 0.717) is 11.1 Å². The number of aryl methyl sites for hydroxylation is 2. The number of hydrogen-bond donors (Lipinski definition) is 2. The summed E-state index contributed by atoms with van der Waals surface area (Å²) in [4.78, 5) is 4.49. The van der Waals surface area contributed by atoms with E-state index >= 15 is 0 Å². The number of nitrogens with zero attached hydrogens (tertiary/aromatic N) is 1. The van der Waals surface area contributed by atoms with Crippen LogP contribution in [0.4, 0.5) is 0 Å². The summed E-state index contributed by atoms with van der Waals surface area (Å²) in [5.74, 6) is 0. The molecule has 7 heteroatoms. The molecular weight excluding hydrogens is 308 g/mol. The lowest BCUT2D eigenvalue weighted by Gasteiger charge is -2.14. The van der Waals surface area contributed by atoms with Gasteiger partial charge < -0.3 is 5.11 Å². The maximum Gasteiger partial charge on any atom is 0.241 e. The second-order valence-electron chi connectivity index (χ2n) is 4.93. The van der Waals surface area contributed by atoms with Crippen molar-refractivity contribution in [1.82, 2.24) is 9.71 Å². The van der Waals surface area contributed by atoms with Crippen LogP contribution in [0.5, 0.6) is 0 Å². The van der Waals surface area contributed by atoms with Crippen LogP contribution in [-0.4, -0.2) is 18.5 Å². The number of benzene rings is 1. The van der Waals surface area contributed by atoms with Crippen molar-refractivity contribution < 1.29 is 13.5 Å². The molecule has 0 aliphatic rings. The molecule has 0 aliphatic heterocycles. The predicted octanol–water partition coefficient (Wildman–Crippen LogP) is 2.29. The van der Waals surface area contributed by atoms with Crippen LogP contribution in [-0.2, 0) is 16.6 Å². The zero-order valence-corrected chi connectivity index (χ0v) is 13.8. The minimum absolute atomic E-state index is 0.189. The number of aromatic nitrogens is 1. The van der Waals surface area contributed by atoms with Gasteiger partial charge in [-0.3, -0.25) is 0 Å². The molecule has 1 atom stereocenters. The first-order valence-electron chi connectivity index (χ1n) is 6.48. The van der Waals surface area contributed by atoms with E-state index in [4.69, 9.17) is 5.11 Å². The summed E-state index contributed by atoms with van der Waals surface area (Å²) in [5.41, 5.74) is 2.08. The lowest BCUT2D eigenvalue weighted by molar-refractivity contribution is 0.281. The average molecular weight is 326 g/mol. The van der Waals surface area contributed by atoms with E-state index in [1.807, 2.05) is 12.3 Å². The summed E-state index contributed by atoms with van der Waals surface area (Å²) in [5, 5.41) is 11.8. The molecule has 114 valence electrons. The topological polar surface area (TPSA) is 79.3 Å². The molecule has 1 heterocycles. The van der Waals surface area contributed by atoms with Crippen LogP contribution >= 0.6 is 11.3 Å². The first-order valence-corrected chi connectivity index (χ1v) is 8.84. The highest BCUT2D eigenvalue weighted by Crippen LogP contribution is 2.22. The highest BCUT2D eigenvalue weighted by atomic mass is 32.2. The molecule has 1 aromatic heterocycles. The quantitative estimate of drug-likeness (QED) is 0.883. The van der Waals surface area contributed by atoms with Gasteiger partial charge in [-0.1, -0.05) is 12.1 Å². The SMILES string of the molecule is Cc1csc(C(C)NS(=O)(=O)c2cc(CO)ccc2C)n1. The van der Waals surface area contributed by atoms with Crippen molar-refractivity contribution in [2.75, 3.05) is 0 Å². The van der Waals surface area contributed by atoms with Crippen molar-refractivity contribution in [3.05, 3.63) is 45.4 Å². The van der Waals surface area contributed by atoms with Crippen molar-refractivity contribution in [1.29, 1.82) is 0 Å². The number of aliphatic hydroxyl groups is 1. The van der Waals surface area contributed by atoms with Gasteiger partial charge in [-0.25, -0.2) is 18.1 Å². The standard InChI is InChI=1S/C14H18N2O3S2/c1-9-4-5-12(7-17)6-13(9)21(18,19)16-11(3)14-15-10(2)8-20-14/h4-6,8,11,16-17H,7H2,1-3H3. The molecule has 2 aromatic rings. The molecule has 2 rings (SSSR count). The second kappa shape index (κ2) is 6.23. The lowest BCUT2D eigenvalue weighted by atomic mass is 10.2. The highest BCUT2D eigenvalue weighted by Gasteiger charge is 2.22. The van der Waals surface area contributed by atoms with Gasteiger partial charge in [0, 0.05) is 11.1 Å². The van der Waals surface area contributed by atoms with Gasteiger partial charge in [0.2, 0.25) is 10.0 Å². The first-order chi connectivity index (χ1) is 9.83. The van der Waals surface area contributed by atoms with E-state index in [1.54, 1.807) is 26.0 Å². The molecule has 21 heavy (non-hydrogen) atoms. The fraction of sp³-hybridized carbons (Fsp3) is 0.357. The molecule has 1 unspecified atom stereocenters. The van der Waals surface area contributed by atoms with Crippen LogP contribution in [0.15, 0.2) is 28.5 Å². The van der Waals surface area contributed by atoms with Crippen molar-refractivity contribution >= 4 is 21.4 Å². The van der Waals surface area contributed by atoms with Gasteiger partial charge in [-0.15, -0.1) is 11.3 Å². The summed E-state index contributed by atoms with van der Waals surface area (Å²) in [7, 11) is -3.66. The Bertz CT molecular complexity index is 738. The molecule has 0 bridgehead atoms. The Kier molecular flexibility index (Phi) is 4.77. The molecule has 0 spiro atoms. The largest absolute Gasteiger partial charge is 0.392 e.